The zero-order chi connectivity index (χ0) is 13.9. The molecule has 0 saturated carbocycles. The lowest BCUT2D eigenvalue weighted by Gasteiger charge is -2.04. The van der Waals surface area contributed by atoms with Crippen molar-refractivity contribution >= 4 is 17.5 Å². The summed E-state index contributed by atoms with van der Waals surface area (Å²) in [5.74, 6) is 0.592. The van der Waals surface area contributed by atoms with Crippen LogP contribution in [0, 0.1) is 0 Å². The molecule has 0 aliphatic rings. The lowest BCUT2D eigenvalue weighted by atomic mass is 10.0. The molecule has 0 radical (unpaired) electrons. The summed E-state index contributed by atoms with van der Waals surface area (Å²) in [4.78, 5) is 11.9. The average molecular weight is 283 g/mol. The molecule has 0 spiro atoms. The quantitative estimate of drug-likeness (QED) is 0.782. The molecule has 0 fully saturated rings. The Morgan fingerprint density at radius 1 is 0.700 bits per heavy atom. The lowest BCUT2D eigenvalue weighted by molar-refractivity contribution is 1.07. The van der Waals surface area contributed by atoms with Crippen LogP contribution in [0.5, 0.6) is 0 Å². The van der Waals surface area contributed by atoms with E-state index in [9.17, 15) is 0 Å². The minimum atomic E-state index is 0.0969. The van der Waals surface area contributed by atoms with Crippen LogP contribution in [0.4, 0.5) is 5.95 Å². The third kappa shape index (κ3) is 2.60. The standard InChI is InChI=1S/C15H11ClN4/c16-14-18-13(19-15(17)20-14)12-8-6-11(7-9-12)10-4-2-1-3-5-10/h1-9H,(H2,17,18,19,20). The Morgan fingerprint density at radius 2 is 1.30 bits per heavy atom. The first-order valence-corrected chi connectivity index (χ1v) is 6.43. The van der Waals surface area contributed by atoms with Crippen molar-refractivity contribution in [2.24, 2.45) is 0 Å². The smallest absolute Gasteiger partial charge is 0.227 e. The van der Waals surface area contributed by atoms with Crippen molar-refractivity contribution in [3.8, 4) is 22.5 Å². The molecular weight excluding hydrogens is 272 g/mol. The van der Waals surface area contributed by atoms with E-state index in [0.29, 0.717) is 5.82 Å². The molecule has 0 amide bonds. The first-order valence-electron chi connectivity index (χ1n) is 6.05. The molecule has 4 nitrogen and oxygen atoms in total. The van der Waals surface area contributed by atoms with Crippen LogP contribution >= 0.6 is 11.6 Å². The summed E-state index contributed by atoms with van der Waals surface area (Å²) in [7, 11) is 0. The van der Waals surface area contributed by atoms with Crippen molar-refractivity contribution in [1.82, 2.24) is 15.0 Å². The molecule has 1 aromatic heterocycles. The topological polar surface area (TPSA) is 64.7 Å². The van der Waals surface area contributed by atoms with Crippen molar-refractivity contribution in [2.75, 3.05) is 5.73 Å². The van der Waals surface area contributed by atoms with Gasteiger partial charge in [0.25, 0.3) is 0 Å². The highest BCUT2D eigenvalue weighted by Crippen LogP contribution is 2.23. The zero-order valence-electron chi connectivity index (χ0n) is 10.5. The van der Waals surface area contributed by atoms with Gasteiger partial charge in [0.05, 0.1) is 0 Å². The van der Waals surface area contributed by atoms with Gasteiger partial charge in [-0.05, 0) is 22.7 Å². The minimum absolute atomic E-state index is 0.0969. The van der Waals surface area contributed by atoms with Gasteiger partial charge in [-0.3, -0.25) is 0 Å². The number of hydrogen-bond acceptors (Lipinski definition) is 4. The monoisotopic (exact) mass is 282 g/mol. The SMILES string of the molecule is Nc1nc(Cl)nc(-c2ccc(-c3ccccc3)cc2)n1. The number of aromatic nitrogens is 3. The number of benzene rings is 2. The van der Waals surface area contributed by atoms with E-state index >= 15 is 0 Å². The molecule has 0 unspecified atom stereocenters. The number of hydrogen-bond donors (Lipinski definition) is 1. The van der Waals surface area contributed by atoms with E-state index in [-0.39, 0.29) is 11.2 Å². The largest absolute Gasteiger partial charge is 0.368 e. The van der Waals surface area contributed by atoms with E-state index in [4.69, 9.17) is 17.3 Å². The molecule has 0 aliphatic heterocycles. The second-order valence-corrected chi connectivity index (χ2v) is 4.57. The maximum atomic E-state index is 5.78. The van der Waals surface area contributed by atoms with Crippen LogP contribution in [-0.2, 0) is 0 Å². The van der Waals surface area contributed by atoms with Crippen LogP contribution in [0.2, 0.25) is 5.28 Å². The summed E-state index contributed by atoms with van der Waals surface area (Å²) in [6.45, 7) is 0. The Labute approximate surface area is 121 Å². The highest BCUT2D eigenvalue weighted by molar-refractivity contribution is 6.28. The number of nitrogen functional groups attached to an aromatic ring is 1. The summed E-state index contributed by atoms with van der Waals surface area (Å²) in [6.07, 6.45) is 0. The lowest BCUT2D eigenvalue weighted by Crippen LogP contribution is -1.99. The Kier molecular flexibility index (Phi) is 3.31. The van der Waals surface area contributed by atoms with Crippen LogP contribution in [0.3, 0.4) is 0 Å². The van der Waals surface area contributed by atoms with Crippen molar-refractivity contribution in [3.63, 3.8) is 0 Å². The molecule has 0 saturated heterocycles. The van der Waals surface area contributed by atoms with E-state index in [0.717, 1.165) is 16.7 Å². The molecule has 1 heterocycles. The van der Waals surface area contributed by atoms with Crippen LogP contribution in [0.25, 0.3) is 22.5 Å². The van der Waals surface area contributed by atoms with E-state index in [1.807, 2.05) is 42.5 Å². The molecule has 0 atom stereocenters. The van der Waals surface area contributed by atoms with Gasteiger partial charge >= 0.3 is 0 Å². The molecule has 98 valence electrons. The molecule has 2 aromatic carbocycles. The molecule has 5 heteroatoms. The van der Waals surface area contributed by atoms with E-state index in [1.54, 1.807) is 0 Å². The van der Waals surface area contributed by atoms with Gasteiger partial charge in [-0.2, -0.15) is 15.0 Å². The summed E-state index contributed by atoms with van der Waals surface area (Å²) in [5.41, 5.74) is 8.71. The number of anilines is 1. The van der Waals surface area contributed by atoms with Gasteiger partial charge in [0.15, 0.2) is 5.82 Å². The van der Waals surface area contributed by atoms with E-state index < -0.39 is 0 Å². The predicted molar refractivity (Wildman–Crippen MR) is 80.1 cm³/mol. The van der Waals surface area contributed by atoms with Crippen LogP contribution < -0.4 is 5.73 Å². The Bertz CT molecular complexity index is 706. The van der Waals surface area contributed by atoms with Gasteiger partial charge < -0.3 is 5.73 Å². The first-order chi connectivity index (χ1) is 9.72. The Hall–Kier alpha value is -2.46. The number of rotatable bonds is 2. The Morgan fingerprint density at radius 3 is 1.95 bits per heavy atom. The molecule has 3 aromatic rings. The highest BCUT2D eigenvalue weighted by atomic mass is 35.5. The maximum absolute atomic E-state index is 5.78. The van der Waals surface area contributed by atoms with Gasteiger partial charge in [0.1, 0.15) is 0 Å². The van der Waals surface area contributed by atoms with E-state index in [2.05, 4.69) is 27.1 Å². The van der Waals surface area contributed by atoms with Gasteiger partial charge in [-0.15, -0.1) is 0 Å². The first kappa shape index (κ1) is 12.6. The number of nitrogens with two attached hydrogens (primary N) is 1. The second kappa shape index (κ2) is 5.27. The van der Waals surface area contributed by atoms with Gasteiger partial charge in [-0.1, -0.05) is 54.6 Å². The van der Waals surface area contributed by atoms with Crippen molar-refractivity contribution in [3.05, 3.63) is 59.9 Å². The van der Waals surface area contributed by atoms with Crippen molar-refractivity contribution in [2.45, 2.75) is 0 Å². The molecule has 20 heavy (non-hydrogen) atoms. The second-order valence-electron chi connectivity index (χ2n) is 4.23. The summed E-state index contributed by atoms with van der Waals surface area (Å²) < 4.78 is 0. The Balaban J connectivity index is 1.97. The van der Waals surface area contributed by atoms with Crippen LogP contribution in [-0.4, -0.2) is 15.0 Å². The molecule has 0 bridgehead atoms. The van der Waals surface area contributed by atoms with Crippen LogP contribution in [0.15, 0.2) is 54.6 Å². The summed E-state index contributed by atoms with van der Waals surface area (Å²) in [5, 5.41) is 0.0969. The highest BCUT2D eigenvalue weighted by Gasteiger charge is 2.06. The minimum Gasteiger partial charge on any atom is -0.368 e. The number of nitrogens with zero attached hydrogens (tertiary/aromatic N) is 3. The van der Waals surface area contributed by atoms with Gasteiger partial charge in [0, 0.05) is 5.56 Å². The predicted octanol–water partition coefficient (Wildman–Crippen LogP) is 3.44. The zero-order valence-corrected chi connectivity index (χ0v) is 11.2. The van der Waals surface area contributed by atoms with Gasteiger partial charge in [0.2, 0.25) is 11.2 Å². The number of halogens is 1. The average Bonchev–Trinajstić information content (AvgIpc) is 2.47. The molecular formula is C15H11ClN4. The summed E-state index contributed by atoms with van der Waals surface area (Å²) in [6, 6.07) is 18.0. The third-order valence-corrected chi connectivity index (χ3v) is 3.04. The third-order valence-electron chi connectivity index (χ3n) is 2.88. The fourth-order valence-electron chi connectivity index (χ4n) is 1.94. The normalized spacial score (nSPS) is 10.4. The molecule has 3 rings (SSSR count). The van der Waals surface area contributed by atoms with Crippen molar-refractivity contribution in [1.29, 1.82) is 0 Å². The van der Waals surface area contributed by atoms with Crippen LogP contribution in [0.1, 0.15) is 0 Å². The molecule has 2 N–H and O–H groups in total. The fourth-order valence-corrected chi connectivity index (χ4v) is 2.10. The van der Waals surface area contributed by atoms with E-state index in [1.165, 1.54) is 0 Å². The van der Waals surface area contributed by atoms with Gasteiger partial charge in [-0.25, -0.2) is 0 Å². The fraction of sp³-hybridized carbons (Fsp3) is 0. The maximum Gasteiger partial charge on any atom is 0.227 e. The van der Waals surface area contributed by atoms with Crippen molar-refractivity contribution < 1.29 is 0 Å². The summed E-state index contributed by atoms with van der Waals surface area (Å²) >= 11 is 5.78. The molecule has 0 aliphatic carbocycles.